The van der Waals surface area contributed by atoms with Crippen LogP contribution in [0.15, 0.2) is 72.9 Å². The highest BCUT2D eigenvalue weighted by atomic mass is 32.1. The number of nitrogens with one attached hydrogen (secondary N) is 2. The summed E-state index contributed by atoms with van der Waals surface area (Å²) in [6.45, 7) is 0.961. The van der Waals surface area contributed by atoms with E-state index in [4.69, 9.17) is 10.7 Å². The molecule has 0 bridgehead atoms. The van der Waals surface area contributed by atoms with Gasteiger partial charge in [-0.1, -0.05) is 42.5 Å². The first-order valence-electron chi connectivity index (χ1n) is 10.8. The summed E-state index contributed by atoms with van der Waals surface area (Å²) in [5.74, 6) is 0.777. The maximum absolute atomic E-state index is 13.1. The van der Waals surface area contributed by atoms with Gasteiger partial charge in [0.05, 0.1) is 26.5 Å². The summed E-state index contributed by atoms with van der Waals surface area (Å²) in [7, 11) is 1.77. The van der Waals surface area contributed by atoms with Crippen LogP contribution in [0.5, 0.6) is 0 Å². The van der Waals surface area contributed by atoms with Crippen molar-refractivity contribution in [2.24, 2.45) is 5.73 Å². The lowest BCUT2D eigenvalue weighted by Gasteiger charge is -2.08. The summed E-state index contributed by atoms with van der Waals surface area (Å²) < 4.78 is 1.96. The quantitative estimate of drug-likeness (QED) is 0.324. The number of carbonyl (C=O) groups excluding carboxylic acids is 1. The number of benzene rings is 2. The molecule has 0 saturated carbocycles. The Kier molecular flexibility index (Phi) is 6.03. The second-order valence-electron chi connectivity index (χ2n) is 7.55. The van der Waals surface area contributed by atoms with Crippen LogP contribution in [0.2, 0.25) is 0 Å². The van der Waals surface area contributed by atoms with Crippen molar-refractivity contribution in [1.82, 2.24) is 19.5 Å². The van der Waals surface area contributed by atoms with Crippen molar-refractivity contribution in [3.05, 3.63) is 77.8 Å². The molecule has 0 spiro atoms. The fourth-order valence-electron chi connectivity index (χ4n) is 3.83. The van der Waals surface area contributed by atoms with Gasteiger partial charge in [0.1, 0.15) is 0 Å². The van der Waals surface area contributed by atoms with E-state index >= 15 is 0 Å². The van der Waals surface area contributed by atoms with E-state index in [1.54, 1.807) is 19.3 Å². The first-order chi connectivity index (χ1) is 16.7. The van der Waals surface area contributed by atoms with Gasteiger partial charge < -0.3 is 15.6 Å². The normalized spacial score (nSPS) is 11.0. The molecule has 0 fully saturated rings. The Hall–Kier alpha value is -4.08. The number of hydrogen-bond acceptors (Lipinski definition) is 7. The second kappa shape index (κ2) is 9.42. The van der Waals surface area contributed by atoms with Gasteiger partial charge in [0.2, 0.25) is 11.9 Å². The first-order valence-corrected chi connectivity index (χ1v) is 11.7. The molecule has 0 saturated heterocycles. The van der Waals surface area contributed by atoms with Gasteiger partial charge >= 0.3 is 0 Å². The number of thiophene rings is 1. The molecule has 0 atom stereocenters. The van der Waals surface area contributed by atoms with Crippen molar-refractivity contribution in [2.45, 2.75) is 6.54 Å². The topological polar surface area (TPSA) is 111 Å². The minimum Gasteiger partial charge on any atom is -0.357 e. The highest BCUT2D eigenvalue weighted by Gasteiger charge is 2.18. The summed E-state index contributed by atoms with van der Waals surface area (Å²) >= 11 is 1.37. The molecule has 2 aromatic carbocycles. The Morgan fingerprint density at radius 2 is 1.88 bits per heavy atom. The lowest BCUT2D eigenvalue weighted by molar-refractivity contribution is 0.102. The molecule has 34 heavy (non-hydrogen) atoms. The minimum absolute atomic E-state index is 0.228. The Labute approximate surface area is 200 Å². The molecule has 170 valence electrons. The van der Waals surface area contributed by atoms with E-state index < -0.39 is 0 Å². The number of hydrogen-bond donors (Lipinski definition) is 3. The van der Waals surface area contributed by atoms with Crippen LogP contribution in [0, 0.1) is 0 Å². The smallest absolute Gasteiger partial charge is 0.268 e. The van der Waals surface area contributed by atoms with Gasteiger partial charge in [-0.05, 0) is 29.8 Å². The van der Waals surface area contributed by atoms with E-state index in [1.165, 1.54) is 11.3 Å². The average Bonchev–Trinajstić information content (AvgIpc) is 3.51. The molecule has 4 N–H and O–H groups in total. The molecular formula is C25H23N7OS. The molecule has 1 amide bonds. The van der Waals surface area contributed by atoms with Crippen LogP contribution >= 0.6 is 11.3 Å². The van der Waals surface area contributed by atoms with Crippen LogP contribution in [0.25, 0.3) is 32.7 Å². The zero-order valence-electron chi connectivity index (χ0n) is 18.5. The van der Waals surface area contributed by atoms with Crippen molar-refractivity contribution < 1.29 is 4.79 Å². The Balaban J connectivity index is 1.48. The SMILES string of the molecule is CNc1nccc(-c2ccc(C(=O)Nc3nc4c(-c5ccccc5)cccc4n3CCN)s2)n1. The highest BCUT2D eigenvalue weighted by molar-refractivity contribution is 7.17. The van der Waals surface area contributed by atoms with Crippen molar-refractivity contribution in [1.29, 1.82) is 0 Å². The third-order valence-corrected chi connectivity index (χ3v) is 6.51. The number of amides is 1. The fourth-order valence-corrected chi connectivity index (χ4v) is 4.70. The number of imidazole rings is 1. The molecule has 0 aliphatic rings. The van der Waals surface area contributed by atoms with Gasteiger partial charge in [0, 0.05) is 31.9 Å². The summed E-state index contributed by atoms with van der Waals surface area (Å²) in [5, 5.41) is 5.92. The Morgan fingerprint density at radius 3 is 2.68 bits per heavy atom. The number of nitrogens with zero attached hydrogens (tertiary/aromatic N) is 4. The maximum Gasteiger partial charge on any atom is 0.268 e. The monoisotopic (exact) mass is 469 g/mol. The van der Waals surface area contributed by atoms with E-state index in [2.05, 4.69) is 32.7 Å². The third-order valence-electron chi connectivity index (χ3n) is 5.40. The molecule has 0 aliphatic heterocycles. The van der Waals surface area contributed by atoms with Crippen LogP contribution < -0.4 is 16.4 Å². The van der Waals surface area contributed by atoms with Crippen molar-refractivity contribution in [3.8, 4) is 21.7 Å². The van der Waals surface area contributed by atoms with E-state index in [1.807, 2.05) is 53.1 Å². The standard InChI is InChI=1S/C25H23N7OS/c1-27-24-28-14-12-18(29-24)20-10-11-21(34-20)23(33)31-25-30-22-17(16-6-3-2-4-7-16)8-5-9-19(22)32(25)15-13-26/h2-12,14H,13,15,26H2,1H3,(H,27,28,29)(H,30,31,33). The van der Waals surface area contributed by atoms with Gasteiger partial charge in [0.15, 0.2) is 0 Å². The summed E-state index contributed by atoms with van der Waals surface area (Å²) in [4.78, 5) is 28.0. The third kappa shape index (κ3) is 4.14. The molecular weight excluding hydrogens is 446 g/mol. The van der Waals surface area contributed by atoms with Gasteiger partial charge in [-0.3, -0.25) is 10.1 Å². The predicted molar refractivity (Wildman–Crippen MR) is 137 cm³/mol. The molecule has 0 radical (unpaired) electrons. The van der Waals surface area contributed by atoms with Crippen molar-refractivity contribution in [2.75, 3.05) is 24.2 Å². The molecule has 3 heterocycles. The number of aromatic nitrogens is 4. The second-order valence-corrected chi connectivity index (χ2v) is 8.63. The molecule has 5 aromatic rings. The average molecular weight is 470 g/mol. The molecule has 9 heteroatoms. The highest BCUT2D eigenvalue weighted by Crippen LogP contribution is 2.31. The molecule has 5 rings (SSSR count). The lowest BCUT2D eigenvalue weighted by atomic mass is 10.0. The number of nitrogens with two attached hydrogens (primary N) is 1. The number of carbonyl (C=O) groups is 1. The van der Waals surface area contributed by atoms with Gasteiger partial charge in [-0.25, -0.2) is 15.0 Å². The summed E-state index contributed by atoms with van der Waals surface area (Å²) in [6, 6.07) is 21.6. The van der Waals surface area contributed by atoms with Gasteiger partial charge in [-0.2, -0.15) is 0 Å². The zero-order chi connectivity index (χ0) is 23.5. The summed E-state index contributed by atoms with van der Waals surface area (Å²) in [5.41, 5.74) is 10.5. The van der Waals surface area contributed by atoms with Crippen LogP contribution in [-0.2, 0) is 6.54 Å². The van der Waals surface area contributed by atoms with Gasteiger partial charge in [0.25, 0.3) is 5.91 Å². The molecule has 0 aliphatic carbocycles. The number of anilines is 2. The zero-order valence-corrected chi connectivity index (χ0v) is 19.3. The van der Waals surface area contributed by atoms with Crippen LogP contribution in [0.3, 0.4) is 0 Å². The first kappa shape index (κ1) is 21.7. The maximum atomic E-state index is 13.1. The number of fused-ring (bicyclic) bond motifs is 1. The van der Waals surface area contributed by atoms with Crippen LogP contribution in [-0.4, -0.2) is 39.0 Å². The van der Waals surface area contributed by atoms with Gasteiger partial charge in [-0.15, -0.1) is 11.3 Å². The van der Waals surface area contributed by atoms with Crippen molar-refractivity contribution in [3.63, 3.8) is 0 Å². The Morgan fingerprint density at radius 1 is 1.03 bits per heavy atom. The summed E-state index contributed by atoms with van der Waals surface area (Å²) in [6.07, 6.45) is 1.69. The predicted octanol–water partition coefficient (Wildman–Crippen LogP) is 4.47. The molecule has 8 nitrogen and oxygen atoms in total. The van der Waals surface area contributed by atoms with Crippen LogP contribution in [0.4, 0.5) is 11.9 Å². The number of para-hydroxylation sites is 1. The van der Waals surface area contributed by atoms with Crippen LogP contribution in [0.1, 0.15) is 9.67 Å². The van der Waals surface area contributed by atoms with E-state index in [0.29, 0.717) is 29.9 Å². The minimum atomic E-state index is -0.228. The van der Waals surface area contributed by atoms with E-state index in [9.17, 15) is 4.79 Å². The van der Waals surface area contributed by atoms with E-state index in [0.717, 1.165) is 32.7 Å². The fraction of sp³-hybridized carbons (Fsp3) is 0.120. The van der Waals surface area contributed by atoms with Crippen molar-refractivity contribution >= 4 is 40.2 Å². The number of rotatable bonds is 7. The Bertz CT molecular complexity index is 1460. The lowest BCUT2D eigenvalue weighted by Crippen LogP contribution is -2.17. The molecule has 0 unspecified atom stereocenters. The molecule has 3 aromatic heterocycles. The van der Waals surface area contributed by atoms with E-state index in [-0.39, 0.29) is 5.91 Å². The largest absolute Gasteiger partial charge is 0.357 e.